The van der Waals surface area contributed by atoms with Crippen molar-refractivity contribution < 1.29 is 13.2 Å². The molecule has 1 aliphatic heterocycles. The van der Waals surface area contributed by atoms with Crippen LogP contribution in [0.5, 0.6) is 0 Å². The van der Waals surface area contributed by atoms with Crippen LogP contribution < -0.4 is 4.90 Å². The van der Waals surface area contributed by atoms with Gasteiger partial charge in [-0.15, -0.1) is 0 Å². The van der Waals surface area contributed by atoms with Crippen molar-refractivity contribution in [3.63, 3.8) is 0 Å². The third-order valence-corrected chi connectivity index (χ3v) is 8.86. The van der Waals surface area contributed by atoms with E-state index in [4.69, 9.17) is 0 Å². The Morgan fingerprint density at radius 3 is 2.68 bits per heavy atom. The Bertz CT molecular complexity index is 1360. The zero-order chi connectivity index (χ0) is 23.9. The Morgan fingerprint density at radius 1 is 1.26 bits per heavy atom. The number of hydrogen-bond donors (Lipinski definition) is 0. The fourth-order valence-electron chi connectivity index (χ4n) is 4.75. The van der Waals surface area contributed by atoms with Crippen LogP contribution in [0.3, 0.4) is 0 Å². The van der Waals surface area contributed by atoms with Crippen molar-refractivity contribution >= 4 is 27.9 Å². The first kappa shape index (κ1) is 22.6. The number of pyridine rings is 1. The number of amides is 1. The number of piperidine rings is 1. The highest BCUT2D eigenvalue weighted by Crippen LogP contribution is 2.36. The first-order chi connectivity index (χ1) is 16.4. The average molecular weight is 482 g/mol. The van der Waals surface area contributed by atoms with E-state index >= 15 is 0 Å². The molecule has 1 amide bonds. The van der Waals surface area contributed by atoms with Crippen molar-refractivity contribution in [3.8, 4) is 17.3 Å². The Hall–Kier alpha value is -3.23. The van der Waals surface area contributed by atoms with Gasteiger partial charge in [0.1, 0.15) is 5.65 Å². The maximum Gasteiger partial charge on any atom is 0.215 e. The Balaban J connectivity index is 1.46. The van der Waals surface area contributed by atoms with E-state index in [9.17, 15) is 18.5 Å². The summed E-state index contributed by atoms with van der Waals surface area (Å²) in [5.41, 5.74) is 1.92. The molecule has 1 aliphatic carbocycles. The minimum atomic E-state index is -3.26. The SMILES string of the molecule is CCS(=O)(=O)N1CCC(CC#N)(n2cc(-c3cccc4nc(N(C=O)C5CC5)cn34)cn2)CC1. The first-order valence-electron chi connectivity index (χ1n) is 11.5. The Labute approximate surface area is 198 Å². The highest BCUT2D eigenvalue weighted by molar-refractivity contribution is 7.89. The van der Waals surface area contributed by atoms with Crippen LogP contribution in [-0.2, 0) is 20.4 Å². The smallest absolute Gasteiger partial charge is 0.215 e. The molecule has 0 spiro atoms. The third-order valence-electron chi connectivity index (χ3n) is 6.98. The van der Waals surface area contributed by atoms with E-state index < -0.39 is 15.6 Å². The van der Waals surface area contributed by atoms with Gasteiger partial charge in [0.2, 0.25) is 16.4 Å². The number of hydrogen-bond acceptors (Lipinski definition) is 6. The molecule has 0 bridgehead atoms. The number of carbonyl (C=O) groups excluding carboxylic acids is 1. The lowest BCUT2D eigenvalue weighted by atomic mass is 9.85. The summed E-state index contributed by atoms with van der Waals surface area (Å²) in [6.07, 6.45) is 9.68. The van der Waals surface area contributed by atoms with Crippen molar-refractivity contribution in [3.05, 3.63) is 36.8 Å². The van der Waals surface area contributed by atoms with Gasteiger partial charge in [-0.2, -0.15) is 10.4 Å². The second kappa shape index (κ2) is 8.52. The number of rotatable bonds is 8. The molecule has 11 heteroatoms. The number of carbonyl (C=O) groups is 1. The molecule has 0 unspecified atom stereocenters. The summed E-state index contributed by atoms with van der Waals surface area (Å²) in [5.74, 6) is 0.700. The quantitative estimate of drug-likeness (QED) is 0.456. The first-order valence-corrected chi connectivity index (χ1v) is 13.1. The molecule has 3 aromatic rings. The molecule has 2 aliphatic rings. The molecule has 3 aromatic heterocycles. The number of aromatic nitrogens is 4. The molecule has 34 heavy (non-hydrogen) atoms. The summed E-state index contributed by atoms with van der Waals surface area (Å²) in [6, 6.07) is 8.28. The third kappa shape index (κ3) is 3.86. The van der Waals surface area contributed by atoms with Crippen LogP contribution >= 0.6 is 0 Å². The van der Waals surface area contributed by atoms with E-state index in [0.717, 1.165) is 36.2 Å². The van der Waals surface area contributed by atoms with Gasteiger partial charge in [0.05, 0.1) is 41.9 Å². The van der Waals surface area contributed by atoms with Gasteiger partial charge in [0.15, 0.2) is 5.82 Å². The fourth-order valence-corrected chi connectivity index (χ4v) is 5.85. The van der Waals surface area contributed by atoms with Gasteiger partial charge in [-0.25, -0.2) is 17.7 Å². The maximum absolute atomic E-state index is 12.3. The molecule has 0 radical (unpaired) electrons. The van der Waals surface area contributed by atoms with Crippen LogP contribution in [0.4, 0.5) is 5.82 Å². The number of anilines is 1. The summed E-state index contributed by atoms with van der Waals surface area (Å²) in [7, 11) is -3.26. The molecule has 2 fully saturated rings. The topological polar surface area (TPSA) is 117 Å². The van der Waals surface area contributed by atoms with Crippen LogP contribution in [0.2, 0.25) is 0 Å². The van der Waals surface area contributed by atoms with Gasteiger partial charge in [-0.05, 0) is 44.7 Å². The van der Waals surface area contributed by atoms with E-state index in [1.165, 1.54) is 4.31 Å². The van der Waals surface area contributed by atoms with E-state index in [1.807, 2.05) is 39.7 Å². The van der Waals surface area contributed by atoms with E-state index in [2.05, 4.69) is 16.2 Å². The summed E-state index contributed by atoms with van der Waals surface area (Å²) in [4.78, 5) is 17.9. The molecule has 10 nitrogen and oxygen atoms in total. The number of fused-ring (bicyclic) bond motifs is 1. The standard InChI is InChI=1S/C23H27N7O3S/c1-2-34(32,33)27-12-9-23(8-11-24,10-13-27)30-15-18(14-25-30)20-4-3-5-21-26-22(16-28(20)21)29(17-31)19-6-7-19/h3-5,14-17,19H,2,6-10,12-13H2,1H3. The van der Waals surface area contributed by atoms with Gasteiger partial charge in [0, 0.05) is 30.9 Å². The summed E-state index contributed by atoms with van der Waals surface area (Å²) >= 11 is 0. The lowest BCUT2D eigenvalue weighted by Crippen LogP contribution is -2.48. The Kier molecular flexibility index (Phi) is 5.65. The van der Waals surface area contributed by atoms with Crippen molar-refractivity contribution in [1.29, 1.82) is 5.26 Å². The largest absolute Gasteiger partial charge is 0.297 e. The van der Waals surface area contributed by atoms with Crippen molar-refractivity contribution in [2.24, 2.45) is 0 Å². The van der Waals surface area contributed by atoms with Crippen LogP contribution in [0.1, 0.15) is 39.0 Å². The van der Waals surface area contributed by atoms with E-state index in [0.29, 0.717) is 31.7 Å². The monoisotopic (exact) mass is 481 g/mol. The van der Waals surface area contributed by atoms with Crippen LogP contribution in [0.25, 0.3) is 16.9 Å². The van der Waals surface area contributed by atoms with Crippen LogP contribution in [0, 0.1) is 11.3 Å². The lowest BCUT2D eigenvalue weighted by Gasteiger charge is -2.40. The highest BCUT2D eigenvalue weighted by atomic mass is 32.2. The molecular formula is C23H27N7O3S. The molecule has 178 valence electrons. The average Bonchev–Trinajstić information content (AvgIpc) is 3.38. The molecule has 1 saturated carbocycles. The number of imidazole rings is 1. The minimum Gasteiger partial charge on any atom is -0.297 e. The molecule has 1 saturated heterocycles. The summed E-state index contributed by atoms with van der Waals surface area (Å²) < 4.78 is 29.9. The van der Waals surface area contributed by atoms with E-state index in [-0.39, 0.29) is 18.2 Å². The zero-order valence-electron chi connectivity index (χ0n) is 19.0. The van der Waals surface area contributed by atoms with Gasteiger partial charge in [-0.3, -0.25) is 18.8 Å². The number of sulfonamides is 1. The van der Waals surface area contributed by atoms with Crippen LogP contribution in [0.15, 0.2) is 36.8 Å². The van der Waals surface area contributed by atoms with Crippen molar-refractivity contribution in [2.75, 3.05) is 23.7 Å². The summed E-state index contributed by atoms with van der Waals surface area (Å²) in [6.45, 7) is 2.39. The van der Waals surface area contributed by atoms with Gasteiger partial charge >= 0.3 is 0 Å². The van der Waals surface area contributed by atoms with Gasteiger partial charge in [0.25, 0.3) is 0 Å². The number of nitriles is 1. The lowest BCUT2D eigenvalue weighted by molar-refractivity contribution is -0.107. The van der Waals surface area contributed by atoms with Crippen LogP contribution in [-0.4, -0.2) is 63.2 Å². The van der Waals surface area contributed by atoms with Gasteiger partial charge < -0.3 is 0 Å². The molecular weight excluding hydrogens is 454 g/mol. The molecule has 0 aromatic carbocycles. The zero-order valence-corrected chi connectivity index (χ0v) is 19.9. The molecule has 0 atom stereocenters. The molecule has 4 heterocycles. The Morgan fingerprint density at radius 2 is 2.03 bits per heavy atom. The molecule has 0 N–H and O–H groups in total. The second-order valence-electron chi connectivity index (χ2n) is 9.01. The summed E-state index contributed by atoms with van der Waals surface area (Å²) in [5, 5.41) is 14.2. The second-order valence-corrected chi connectivity index (χ2v) is 11.3. The number of nitrogens with zero attached hydrogens (tertiary/aromatic N) is 7. The normalized spacial score (nSPS) is 18.6. The fraction of sp³-hybridized carbons (Fsp3) is 0.478. The highest BCUT2D eigenvalue weighted by Gasteiger charge is 2.40. The predicted molar refractivity (Wildman–Crippen MR) is 126 cm³/mol. The van der Waals surface area contributed by atoms with Crippen molar-refractivity contribution in [2.45, 2.75) is 50.6 Å². The predicted octanol–water partition coefficient (Wildman–Crippen LogP) is 2.38. The van der Waals surface area contributed by atoms with Crippen molar-refractivity contribution in [1.82, 2.24) is 23.5 Å². The molecule has 5 rings (SSSR count). The van der Waals surface area contributed by atoms with Gasteiger partial charge in [-0.1, -0.05) is 6.07 Å². The maximum atomic E-state index is 12.3. The van der Waals surface area contributed by atoms with E-state index in [1.54, 1.807) is 18.0 Å². The minimum absolute atomic E-state index is 0.0728.